The van der Waals surface area contributed by atoms with Crippen LogP contribution in [-0.2, 0) is 6.42 Å². The van der Waals surface area contributed by atoms with Crippen molar-refractivity contribution in [3.05, 3.63) is 16.1 Å². The fourth-order valence-corrected chi connectivity index (χ4v) is 4.75. The lowest BCUT2D eigenvalue weighted by Gasteiger charge is -2.36. The first kappa shape index (κ1) is 18.6. The summed E-state index contributed by atoms with van der Waals surface area (Å²) in [5.41, 5.74) is 0. The first-order valence-electron chi connectivity index (χ1n) is 9.95. The monoisotopic (exact) mass is 363 g/mol. The van der Waals surface area contributed by atoms with Gasteiger partial charge in [-0.15, -0.1) is 11.3 Å². The predicted molar refractivity (Wildman–Crippen MR) is 107 cm³/mol. The maximum absolute atomic E-state index is 4.76. The van der Waals surface area contributed by atoms with E-state index in [4.69, 9.17) is 4.99 Å². The van der Waals surface area contributed by atoms with Gasteiger partial charge in [-0.1, -0.05) is 12.8 Å². The zero-order chi connectivity index (χ0) is 17.5. The molecule has 140 valence electrons. The number of thiazole rings is 1. The van der Waals surface area contributed by atoms with Crippen molar-refractivity contribution in [3.63, 3.8) is 0 Å². The number of hydrogen-bond donors (Lipinski definition) is 2. The number of aliphatic imine (C=N–C) groups is 1. The Hall–Kier alpha value is -1.14. The van der Waals surface area contributed by atoms with Crippen LogP contribution in [0.25, 0.3) is 0 Å². The van der Waals surface area contributed by atoms with Gasteiger partial charge in [0.1, 0.15) is 0 Å². The van der Waals surface area contributed by atoms with E-state index in [2.05, 4.69) is 34.4 Å². The summed E-state index contributed by atoms with van der Waals surface area (Å²) in [7, 11) is 0. The Labute approximate surface area is 156 Å². The maximum Gasteiger partial charge on any atom is 0.191 e. The molecule has 1 aliphatic carbocycles. The van der Waals surface area contributed by atoms with Gasteiger partial charge < -0.3 is 15.5 Å². The van der Waals surface area contributed by atoms with Crippen LogP contribution in [0.4, 0.5) is 0 Å². The van der Waals surface area contributed by atoms with E-state index >= 15 is 0 Å². The van der Waals surface area contributed by atoms with Crippen molar-refractivity contribution in [1.82, 2.24) is 20.5 Å². The van der Waals surface area contributed by atoms with Gasteiger partial charge in [0.15, 0.2) is 5.96 Å². The molecule has 6 heteroatoms. The van der Waals surface area contributed by atoms with Crippen LogP contribution in [0.2, 0.25) is 0 Å². The molecule has 0 radical (unpaired) electrons. The molecule has 25 heavy (non-hydrogen) atoms. The maximum atomic E-state index is 4.76. The number of aryl methyl sites for hydroxylation is 1. The van der Waals surface area contributed by atoms with Crippen molar-refractivity contribution >= 4 is 17.3 Å². The van der Waals surface area contributed by atoms with Crippen LogP contribution in [0.1, 0.15) is 55.3 Å². The zero-order valence-corrected chi connectivity index (χ0v) is 16.6. The second kappa shape index (κ2) is 9.53. The Morgan fingerprint density at radius 1 is 1.28 bits per heavy atom. The van der Waals surface area contributed by atoms with Gasteiger partial charge in [-0.3, -0.25) is 4.99 Å². The Balaban J connectivity index is 1.44. The van der Waals surface area contributed by atoms with Crippen LogP contribution in [-0.4, -0.2) is 54.1 Å². The summed E-state index contributed by atoms with van der Waals surface area (Å²) in [5.74, 6) is 0.968. The van der Waals surface area contributed by atoms with E-state index in [0.717, 1.165) is 31.5 Å². The molecule has 0 bridgehead atoms. The van der Waals surface area contributed by atoms with Gasteiger partial charge in [-0.2, -0.15) is 0 Å². The molecule has 0 atom stereocenters. The number of hydrogen-bond acceptors (Lipinski definition) is 4. The number of aromatic nitrogens is 1. The summed E-state index contributed by atoms with van der Waals surface area (Å²) < 4.78 is 0. The van der Waals surface area contributed by atoms with E-state index in [0.29, 0.717) is 6.04 Å². The quantitative estimate of drug-likeness (QED) is 0.603. The molecule has 1 saturated carbocycles. The molecule has 1 saturated heterocycles. The first-order valence-corrected chi connectivity index (χ1v) is 10.8. The van der Waals surface area contributed by atoms with E-state index in [1.54, 1.807) is 11.3 Å². The number of rotatable bonds is 6. The van der Waals surface area contributed by atoms with Crippen molar-refractivity contribution in [3.8, 4) is 0 Å². The number of piperidine rings is 1. The van der Waals surface area contributed by atoms with Crippen molar-refractivity contribution in [2.45, 2.75) is 70.9 Å². The highest BCUT2D eigenvalue weighted by molar-refractivity contribution is 7.11. The smallest absolute Gasteiger partial charge is 0.191 e. The molecule has 1 aliphatic heterocycles. The van der Waals surface area contributed by atoms with Gasteiger partial charge in [0, 0.05) is 55.8 Å². The van der Waals surface area contributed by atoms with Crippen LogP contribution in [0.5, 0.6) is 0 Å². The third-order valence-corrected chi connectivity index (χ3v) is 6.29. The van der Waals surface area contributed by atoms with Gasteiger partial charge >= 0.3 is 0 Å². The average Bonchev–Trinajstić information content (AvgIpc) is 3.28. The number of likely N-dealkylation sites (tertiary alicyclic amines) is 1. The lowest BCUT2D eigenvalue weighted by atomic mass is 10.0. The number of guanidine groups is 1. The van der Waals surface area contributed by atoms with E-state index in [1.165, 1.54) is 61.5 Å². The standard InChI is InChI=1S/C19H33N5S/c1-3-20-19(21-11-8-18-22-14-15(2)25-18)23-16-9-12-24(13-10-16)17-6-4-5-7-17/h14,16-17H,3-13H2,1-2H3,(H2,20,21,23). The van der Waals surface area contributed by atoms with E-state index in [-0.39, 0.29) is 0 Å². The Bertz CT molecular complexity index is 542. The fourth-order valence-electron chi connectivity index (χ4n) is 3.97. The summed E-state index contributed by atoms with van der Waals surface area (Å²) in [4.78, 5) is 13.2. The summed E-state index contributed by atoms with van der Waals surface area (Å²) in [5, 5.41) is 8.23. The second-order valence-corrected chi connectivity index (χ2v) is 8.59. The SMILES string of the molecule is CCNC(=NCCc1ncc(C)s1)NC1CCN(C2CCCC2)CC1. The minimum atomic E-state index is 0.553. The number of nitrogens with one attached hydrogen (secondary N) is 2. The highest BCUT2D eigenvalue weighted by atomic mass is 32.1. The molecule has 2 aliphatic rings. The molecular weight excluding hydrogens is 330 g/mol. The molecule has 0 aromatic carbocycles. The minimum absolute atomic E-state index is 0.553. The summed E-state index contributed by atoms with van der Waals surface area (Å²) in [6.07, 6.45) is 11.0. The van der Waals surface area contributed by atoms with Gasteiger partial charge in [0.2, 0.25) is 0 Å². The zero-order valence-electron chi connectivity index (χ0n) is 15.8. The molecule has 0 spiro atoms. The molecule has 5 nitrogen and oxygen atoms in total. The van der Waals surface area contributed by atoms with Crippen molar-refractivity contribution in [2.75, 3.05) is 26.2 Å². The average molecular weight is 364 g/mol. The normalized spacial score (nSPS) is 21.0. The largest absolute Gasteiger partial charge is 0.357 e. The third-order valence-electron chi connectivity index (χ3n) is 5.32. The second-order valence-electron chi connectivity index (χ2n) is 7.27. The lowest BCUT2D eigenvalue weighted by Crippen LogP contribution is -2.50. The van der Waals surface area contributed by atoms with Crippen molar-refractivity contribution in [2.24, 2.45) is 4.99 Å². The summed E-state index contributed by atoms with van der Waals surface area (Å²) in [6.45, 7) is 8.41. The van der Waals surface area contributed by atoms with Gasteiger partial charge in [0.05, 0.1) is 5.01 Å². The topological polar surface area (TPSA) is 52.6 Å². The van der Waals surface area contributed by atoms with Gasteiger partial charge in [0.25, 0.3) is 0 Å². The van der Waals surface area contributed by atoms with E-state index < -0.39 is 0 Å². The van der Waals surface area contributed by atoms with Crippen LogP contribution in [0.15, 0.2) is 11.2 Å². The number of nitrogens with zero attached hydrogens (tertiary/aromatic N) is 3. The Kier molecular flexibility index (Phi) is 7.11. The molecule has 1 aromatic rings. The third kappa shape index (κ3) is 5.68. The Morgan fingerprint density at radius 3 is 2.68 bits per heavy atom. The Morgan fingerprint density at radius 2 is 2.04 bits per heavy atom. The molecular formula is C19H33N5S. The predicted octanol–water partition coefficient (Wildman–Crippen LogP) is 2.96. The van der Waals surface area contributed by atoms with Crippen molar-refractivity contribution < 1.29 is 0 Å². The molecule has 2 N–H and O–H groups in total. The van der Waals surface area contributed by atoms with Crippen LogP contribution in [0, 0.1) is 6.92 Å². The van der Waals surface area contributed by atoms with Gasteiger partial charge in [-0.25, -0.2) is 4.98 Å². The molecule has 3 rings (SSSR count). The molecule has 0 amide bonds. The van der Waals surface area contributed by atoms with Gasteiger partial charge in [-0.05, 0) is 39.5 Å². The van der Waals surface area contributed by atoms with Crippen molar-refractivity contribution in [1.29, 1.82) is 0 Å². The summed E-state index contributed by atoms with van der Waals surface area (Å²) >= 11 is 1.77. The lowest BCUT2D eigenvalue weighted by molar-refractivity contribution is 0.150. The van der Waals surface area contributed by atoms with Crippen LogP contribution in [0.3, 0.4) is 0 Å². The molecule has 0 unspecified atom stereocenters. The first-order chi connectivity index (χ1) is 12.2. The van der Waals surface area contributed by atoms with E-state index in [1.807, 2.05) is 6.20 Å². The minimum Gasteiger partial charge on any atom is -0.357 e. The fraction of sp³-hybridized carbons (Fsp3) is 0.789. The van der Waals surface area contributed by atoms with Crippen LogP contribution >= 0.6 is 11.3 Å². The van der Waals surface area contributed by atoms with E-state index in [9.17, 15) is 0 Å². The molecule has 2 fully saturated rings. The summed E-state index contributed by atoms with van der Waals surface area (Å²) in [6, 6.07) is 1.42. The highest BCUT2D eigenvalue weighted by Gasteiger charge is 2.27. The molecule has 1 aromatic heterocycles. The van der Waals surface area contributed by atoms with Crippen LogP contribution < -0.4 is 10.6 Å². The highest BCUT2D eigenvalue weighted by Crippen LogP contribution is 2.26. The molecule has 2 heterocycles.